The third-order valence-electron chi connectivity index (χ3n) is 1.41. The maximum absolute atomic E-state index is 13.0. The minimum absolute atomic E-state index is 0.241. The van der Waals surface area contributed by atoms with Crippen LogP contribution in [0.1, 0.15) is 5.56 Å². The van der Waals surface area contributed by atoms with Crippen molar-refractivity contribution < 1.29 is 17.6 Å². The minimum atomic E-state index is -4.66. The summed E-state index contributed by atoms with van der Waals surface area (Å²) < 4.78 is 51.3. The van der Waals surface area contributed by atoms with Crippen molar-refractivity contribution in [3.63, 3.8) is 0 Å². The third kappa shape index (κ3) is 2.12. The van der Waals surface area contributed by atoms with Gasteiger partial charge in [0.1, 0.15) is 0 Å². The normalized spacial score (nSPS) is 11.5. The van der Waals surface area contributed by atoms with Crippen LogP contribution < -0.4 is 4.34 Å². The largest absolute Gasteiger partial charge is 0.419 e. The first-order chi connectivity index (χ1) is 5.96. The van der Waals surface area contributed by atoms with E-state index in [9.17, 15) is 17.6 Å². The average molecular weight is 258 g/mol. The van der Waals surface area contributed by atoms with Crippen molar-refractivity contribution >= 4 is 21.8 Å². The van der Waals surface area contributed by atoms with Crippen molar-refractivity contribution in [3.05, 3.63) is 29.6 Å². The first-order valence-corrected chi connectivity index (χ1v) is 3.98. The number of hydrogen-bond donors (Lipinski definition) is 1. The lowest BCUT2D eigenvalue weighted by molar-refractivity contribution is -0.139. The molecule has 0 aliphatic rings. The number of hydrogen-bond acceptors (Lipinski definition) is 1. The van der Waals surface area contributed by atoms with Gasteiger partial charge in [0.15, 0.2) is 5.82 Å². The highest BCUT2D eigenvalue weighted by Gasteiger charge is 2.34. The molecule has 13 heavy (non-hydrogen) atoms. The second kappa shape index (κ2) is 3.53. The fourth-order valence-corrected chi connectivity index (χ4v) is 1.13. The third-order valence-corrected chi connectivity index (χ3v) is 1.83. The van der Waals surface area contributed by atoms with E-state index in [-0.39, 0.29) is 5.69 Å². The Morgan fingerprint density at radius 2 is 1.85 bits per heavy atom. The SMILES string of the molecule is Fc1c(NBr)cccc1C(F)(F)F. The molecule has 1 aromatic carbocycles. The monoisotopic (exact) mass is 257 g/mol. The van der Waals surface area contributed by atoms with Gasteiger partial charge in [-0.2, -0.15) is 13.2 Å². The molecule has 0 unspecified atom stereocenters. The quantitative estimate of drug-likeness (QED) is 0.599. The molecule has 0 aromatic heterocycles. The van der Waals surface area contributed by atoms with E-state index in [1.54, 1.807) is 0 Å². The van der Waals surface area contributed by atoms with Crippen LogP contribution in [0.5, 0.6) is 0 Å². The van der Waals surface area contributed by atoms with E-state index < -0.39 is 17.6 Å². The number of nitrogens with one attached hydrogen (secondary N) is 1. The molecule has 0 aliphatic carbocycles. The number of halogens is 5. The van der Waals surface area contributed by atoms with Crippen LogP contribution in [0.25, 0.3) is 0 Å². The summed E-state index contributed by atoms with van der Waals surface area (Å²) in [7, 11) is 0. The molecule has 6 heteroatoms. The van der Waals surface area contributed by atoms with Crippen LogP contribution in [-0.4, -0.2) is 0 Å². The van der Waals surface area contributed by atoms with Crippen LogP contribution in [0.3, 0.4) is 0 Å². The molecule has 0 atom stereocenters. The standard InChI is InChI=1S/C7H4BrF4N/c8-13-5-3-1-2-4(6(5)9)7(10,11)12/h1-3,13H. The number of anilines is 1. The van der Waals surface area contributed by atoms with Gasteiger partial charge in [-0.05, 0) is 12.1 Å². The molecule has 0 bridgehead atoms. The van der Waals surface area contributed by atoms with Crippen LogP contribution in [0.4, 0.5) is 23.2 Å². The highest BCUT2D eigenvalue weighted by Crippen LogP contribution is 2.33. The molecule has 0 amide bonds. The van der Waals surface area contributed by atoms with Crippen LogP contribution in [0.15, 0.2) is 18.2 Å². The van der Waals surface area contributed by atoms with E-state index >= 15 is 0 Å². The Morgan fingerprint density at radius 3 is 2.31 bits per heavy atom. The summed E-state index contributed by atoms with van der Waals surface area (Å²) in [6.45, 7) is 0. The van der Waals surface area contributed by atoms with Crippen molar-refractivity contribution in [2.75, 3.05) is 4.34 Å². The Kier molecular flexibility index (Phi) is 2.80. The summed E-state index contributed by atoms with van der Waals surface area (Å²) in [5.74, 6) is -1.31. The van der Waals surface area contributed by atoms with Crippen molar-refractivity contribution in [1.29, 1.82) is 0 Å². The molecule has 1 N–H and O–H groups in total. The van der Waals surface area contributed by atoms with Gasteiger partial charge in [0, 0.05) is 16.1 Å². The van der Waals surface area contributed by atoms with Crippen molar-refractivity contribution in [1.82, 2.24) is 0 Å². The summed E-state index contributed by atoms with van der Waals surface area (Å²) in [6.07, 6.45) is -4.66. The van der Waals surface area contributed by atoms with Crippen molar-refractivity contribution in [2.24, 2.45) is 0 Å². The van der Waals surface area contributed by atoms with Gasteiger partial charge < -0.3 is 4.34 Å². The predicted octanol–water partition coefficient (Wildman–Crippen LogP) is 3.57. The summed E-state index contributed by atoms with van der Waals surface area (Å²) >= 11 is 2.65. The van der Waals surface area contributed by atoms with Crippen molar-refractivity contribution in [3.8, 4) is 0 Å². The molecular formula is C7H4BrF4N. The van der Waals surface area contributed by atoms with Gasteiger partial charge in [-0.1, -0.05) is 6.07 Å². The Morgan fingerprint density at radius 1 is 1.23 bits per heavy atom. The molecule has 0 spiro atoms. The van der Waals surface area contributed by atoms with Gasteiger partial charge in [-0.15, -0.1) is 0 Å². The van der Waals surface area contributed by atoms with Crippen LogP contribution in [0, 0.1) is 5.82 Å². The molecule has 0 radical (unpaired) electrons. The summed E-state index contributed by atoms with van der Waals surface area (Å²) in [6, 6.07) is 3.00. The molecule has 72 valence electrons. The number of benzene rings is 1. The van der Waals surface area contributed by atoms with Crippen LogP contribution in [-0.2, 0) is 6.18 Å². The molecule has 1 aromatic rings. The van der Waals surface area contributed by atoms with Gasteiger partial charge in [-0.3, -0.25) is 0 Å². The molecule has 0 fully saturated rings. The fourth-order valence-electron chi connectivity index (χ4n) is 0.824. The van der Waals surface area contributed by atoms with E-state index in [2.05, 4.69) is 20.5 Å². The zero-order chi connectivity index (χ0) is 10.1. The predicted molar refractivity (Wildman–Crippen MR) is 44.0 cm³/mol. The highest BCUT2D eigenvalue weighted by molar-refractivity contribution is 9.10. The Balaban J connectivity index is 3.24. The van der Waals surface area contributed by atoms with Gasteiger partial charge in [0.05, 0.1) is 11.3 Å². The highest BCUT2D eigenvalue weighted by atomic mass is 79.9. The van der Waals surface area contributed by atoms with Crippen LogP contribution in [0.2, 0.25) is 0 Å². The smallest absolute Gasteiger partial charge is 0.320 e. The zero-order valence-corrected chi connectivity index (χ0v) is 7.71. The molecule has 0 aliphatic heterocycles. The maximum Gasteiger partial charge on any atom is 0.419 e. The van der Waals surface area contributed by atoms with Crippen LogP contribution >= 0.6 is 16.1 Å². The Hall–Kier alpha value is -0.780. The lowest BCUT2D eigenvalue weighted by Gasteiger charge is -2.09. The van der Waals surface area contributed by atoms with Gasteiger partial charge in [0.25, 0.3) is 0 Å². The molecule has 0 saturated heterocycles. The molecule has 1 rings (SSSR count). The summed E-state index contributed by atoms with van der Waals surface area (Å²) in [4.78, 5) is 0. The second-order valence-corrected chi connectivity index (χ2v) is 2.66. The van der Waals surface area contributed by atoms with Crippen molar-refractivity contribution in [2.45, 2.75) is 6.18 Å². The molecule has 1 nitrogen and oxygen atoms in total. The average Bonchev–Trinajstić information content (AvgIpc) is 2.02. The van der Waals surface area contributed by atoms with Gasteiger partial charge in [-0.25, -0.2) is 4.39 Å². The lowest BCUT2D eigenvalue weighted by atomic mass is 10.2. The summed E-state index contributed by atoms with van der Waals surface area (Å²) in [5, 5.41) is 0. The topological polar surface area (TPSA) is 12.0 Å². The fraction of sp³-hybridized carbons (Fsp3) is 0.143. The molecular weight excluding hydrogens is 254 g/mol. The van der Waals surface area contributed by atoms with E-state index in [4.69, 9.17) is 0 Å². The Labute approximate surface area is 80.1 Å². The maximum atomic E-state index is 13.0. The minimum Gasteiger partial charge on any atom is -0.320 e. The van der Waals surface area contributed by atoms with E-state index in [0.29, 0.717) is 6.07 Å². The molecule has 0 saturated carbocycles. The van der Waals surface area contributed by atoms with E-state index in [0.717, 1.165) is 6.07 Å². The van der Waals surface area contributed by atoms with Gasteiger partial charge in [0.2, 0.25) is 0 Å². The second-order valence-electron chi connectivity index (χ2n) is 2.26. The first kappa shape index (κ1) is 10.3. The number of rotatable bonds is 1. The first-order valence-electron chi connectivity index (χ1n) is 3.19. The zero-order valence-electron chi connectivity index (χ0n) is 6.12. The molecule has 0 heterocycles. The van der Waals surface area contributed by atoms with Gasteiger partial charge >= 0.3 is 6.18 Å². The van der Waals surface area contributed by atoms with E-state index in [1.165, 1.54) is 6.07 Å². The Bertz CT molecular complexity index is 310. The van der Waals surface area contributed by atoms with E-state index in [1.807, 2.05) is 0 Å². The lowest BCUT2D eigenvalue weighted by Crippen LogP contribution is -2.08. The number of alkyl halides is 3. The summed E-state index contributed by atoms with van der Waals surface area (Å²) in [5.41, 5.74) is -1.52.